The lowest BCUT2D eigenvalue weighted by atomic mass is 9.94. The van der Waals surface area contributed by atoms with Crippen molar-refractivity contribution in [3.05, 3.63) is 53.1 Å². The second-order valence-electron chi connectivity index (χ2n) is 7.06. The number of aryl methyl sites for hydroxylation is 1. The van der Waals surface area contributed by atoms with E-state index in [0.29, 0.717) is 18.0 Å². The largest absolute Gasteiger partial charge is 0.347 e. The molecule has 1 heterocycles. The molecule has 0 bridgehead atoms. The van der Waals surface area contributed by atoms with E-state index in [1.807, 2.05) is 48.9 Å². The van der Waals surface area contributed by atoms with Crippen molar-refractivity contribution >= 4 is 17.5 Å². The maximum absolute atomic E-state index is 12.3. The van der Waals surface area contributed by atoms with Crippen LogP contribution in [0.5, 0.6) is 0 Å². The predicted molar refractivity (Wildman–Crippen MR) is 106 cm³/mol. The van der Waals surface area contributed by atoms with Crippen molar-refractivity contribution in [1.29, 1.82) is 0 Å². The second kappa shape index (κ2) is 9.74. The topological polar surface area (TPSA) is 59.0 Å². The molecule has 0 unspecified atom stereocenters. The lowest BCUT2D eigenvalue weighted by molar-refractivity contribution is -0.123. The van der Waals surface area contributed by atoms with Gasteiger partial charge in [-0.15, -0.1) is 0 Å². The Morgan fingerprint density at radius 2 is 2.00 bits per heavy atom. The number of unbranched alkanes of at least 4 members (excludes halogenated alkanes) is 1. The van der Waals surface area contributed by atoms with E-state index in [-0.39, 0.29) is 5.91 Å². The number of benzene rings is 1. The molecule has 26 heavy (non-hydrogen) atoms. The van der Waals surface area contributed by atoms with Crippen molar-refractivity contribution in [2.24, 2.45) is 0 Å². The fourth-order valence-electron chi connectivity index (χ4n) is 2.72. The highest BCUT2D eigenvalue weighted by Crippen LogP contribution is 2.22. The van der Waals surface area contributed by atoms with Crippen LogP contribution in [0, 0.1) is 0 Å². The summed E-state index contributed by atoms with van der Waals surface area (Å²) in [4.78, 5) is 16.7. The molecule has 142 valence electrons. The molecule has 0 radical (unpaired) electrons. The van der Waals surface area contributed by atoms with E-state index < -0.39 is 5.54 Å². The number of nitrogens with zero attached hydrogens (tertiary/aromatic N) is 2. The zero-order valence-electron chi connectivity index (χ0n) is 15.9. The Labute approximate surface area is 161 Å². The Bertz CT molecular complexity index is 694. The Kier molecular flexibility index (Phi) is 7.66. The molecular weight excluding hydrogens is 348 g/mol. The smallest absolute Gasteiger partial charge is 0.222 e. The molecule has 0 aliphatic heterocycles. The van der Waals surface area contributed by atoms with E-state index in [2.05, 4.69) is 22.5 Å². The van der Waals surface area contributed by atoms with Gasteiger partial charge in [0.05, 0.1) is 17.6 Å². The minimum absolute atomic E-state index is 0.0151. The maximum atomic E-state index is 12.3. The van der Waals surface area contributed by atoms with Gasteiger partial charge in [0.2, 0.25) is 5.91 Å². The fraction of sp³-hybridized carbons (Fsp3) is 0.500. The first kappa shape index (κ1) is 20.5. The van der Waals surface area contributed by atoms with Crippen LogP contribution in [-0.2, 0) is 23.4 Å². The van der Waals surface area contributed by atoms with E-state index in [1.165, 1.54) is 12.8 Å². The van der Waals surface area contributed by atoms with Gasteiger partial charge in [0.15, 0.2) is 0 Å². The molecule has 6 heteroatoms. The van der Waals surface area contributed by atoms with Crippen molar-refractivity contribution in [1.82, 2.24) is 20.2 Å². The van der Waals surface area contributed by atoms with E-state index in [1.54, 1.807) is 6.33 Å². The zero-order valence-corrected chi connectivity index (χ0v) is 16.6. The number of nitrogens with one attached hydrogen (secondary N) is 2. The van der Waals surface area contributed by atoms with Crippen molar-refractivity contribution < 1.29 is 4.79 Å². The fourth-order valence-corrected chi connectivity index (χ4v) is 2.84. The van der Waals surface area contributed by atoms with Gasteiger partial charge in [-0.25, -0.2) is 4.98 Å². The van der Waals surface area contributed by atoms with Gasteiger partial charge < -0.3 is 15.2 Å². The van der Waals surface area contributed by atoms with Crippen LogP contribution in [-0.4, -0.2) is 22.0 Å². The molecule has 0 fully saturated rings. The number of carbonyl (C=O) groups excluding carboxylic acids is 1. The summed E-state index contributed by atoms with van der Waals surface area (Å²) in [6.45, 7) is 8.55. The van der Waals surface area contributed by atoms with E-state index in [9.17, 15) is 4.79 Å². The molecule has 2 N–H and O–H groups in total. The average Bonchev–Trinajstić information content (AvgIpc) is 3.05. The van der Waals surface area contributed by atoms with Crippen LogP contribution < -0.4 is 10.6 Å². The summed E-state index contributed by atoms with van der Waals surface area (Å²) in [5.74, 6) is 0.0151. The zero-order chi connectivity index (χ0) is 19.0. The van der Waals surface area contributed by atoms with Gasteiger partial charge in [-0.05, 0) is 44.5 Å². The summed E-state index contributed by atoms with van der Waals surface area (Å²) >= 11 is 5.93. The van der Waals surface area contributed by atoms with E-state index in [0.717, 1.165) is 24.3 Å². The van der Waals surface area contributed by atoms with Crippen molar-refractivity contribution in [3.8, 4) is 0 Å². The number of hydrogen-bond donors (Lipinski definition) is 2. The molecule has 0 saturated heterocycles. The molecule has 5 nitrogen and oxygen atoms in total. The highest BCUT2D eigenvalue weighted by Gasteiger charge is 2.22. The third kappa shape index (κ3) is 6.46. The Balaban J connectivity index is 1.79. The summed E-state index contributed by atoms with van der Waals surface area (Å²) in [5, 5.41) is 7.15. The second-order valence-corrected chi connectivity index (χ2v) is 7.50. The molecule has 1 amide bonds. The highest BCUT2D eigenvalue weighted by atomic mass is 35.5. The minimum atomic E-state index is -0.440. The number of halogens is 1. The van der Waals surface area contributed by atoms with Gasteiger partial charge in [0.25, 0.3) is 0 Å². The summed E-state index contributed by atoms with van der Waals surface area (Å²) in [6, 6.07) is 7.56. The third-order valence-electron chi connectivity index (χ3n) is 4.31. The SMILES string of the molecule is CCCCNCc1cn(CCC(=O)NC(C)(C)c2ccc(Cl)cc2)cn1. The number of rotatable bonds is 10. The number of carbonyl (C=O) groups is 1. The van der Waals surface area contributed by atoms with Crippen LogP contribution in [0.3, 0.4) is 0 Å². The standard InChI is InChI=1S/C20H29ClN4O/c1-4-5-11-22-13-18-14-25(15-23-18)12-10-19(26)24-20(2,3)16-6-8-17(21)9-7-16/h6-9,14-15,22H,4-5,10-13H2,1-3H3,(H,24,26). The minimum Gasteiger partial charge on any atom is -0.347 e. The van der Waals surface area contributed by atoms with Crippen molar-refractivity contribution in [2.75, 3.05) is 6.54 Å². The molecule has 0 aliphatic rings. The average molecular weight is 377 g/mol. The maximum Gasteiger partial charge on any atom is 0.222 e. The first-order valence-electron chi connectivity index (χ1n) is 9.19. The van der Waals surface area contributed by atoms with E-state index >= 15 is 0 Å². The molecule has 1 aromatic heterocycles. The van der Waals surface area contributed by atoms with Crippen molar-refractivity contribution in [3.63, 3.8) is 0 Å². The van der Waals surface area contributed by atoms with Gasteiger partial charge in [0.1, 0.15) is 0 Å². The van der Waals surface area contributed by atoms with Gasteiger partial charge in [-0.1, -0.05) is 37.1 Å². The number of hydrogen-bond acceptors (Lipinski definition) is 3. The number of aromatic nitrogens is 2. The predicted octanol–water partition coefficient (Wildman–Crippen LogP) is 3.87. The lowest BCUT2D eigenvalue weighted by Crippen LogP contribution is -2.41. The van der Waals surface area contributed by atoms with Gasteiger partial charge >= 0.3 is 0 Å². The Morgan fingerprint density at radius 1 is 1.27 bits per heavy atom. The van der Waals surface area contributed by atoms with Crippen LogP contribution >= 0.6 is 11.6 Å². The molecular formula is C20H29ClN4O. The Hall–Kier alpha value is -1.85. The molecule has 1 aromatic carbocycles. The quantitative estimate of drug-likeness (QED) is 0.619. The van der Waals surface area contributed by atoms with Crippen LogP contribution in [0.2, 0.25) is 5.02 Å². The van der Waals surface area contributed by atoms with Gasteiger partial charge in [0, 0.05) is 30.7 Å². The summed E-state index contributed by atoms with van der Waals surface area (Å²) in [7, 11) is 0. The molecule has 2 rings (SSSR count). The first-order chi connectivity index (χ1) is 12.4. The monoisotopic (exact) mass is 376 g/mol. The van der Waals surface area contributed by atoms with E-state index in [4.69, 9.17) is 11.6 Å². The Morgan fingerprint density at radius 3 is 2.69 bits per heavy atom. The molecule has 0 aliphatic carbocycles. The first-order valence-corrected chi connectivity index (χ1v) is 9.57. The molecule has 0 atom stereocenters. The van der Waals surface area contributed by atoms with Crippen LogP contribution in [0.15, 0.2) is 36.8 Å². The summed E-state index contributed by atoms with van der Waals surface area (Å²) < 4.78 is 1.96. The number of amides is 1. The van der Waals surface area contributed by atoms with Gasteiger partial charge in [-0.2, -0.15) is 0 Å². The highest BCUT2D eigenvalue weighted by molar-refractivity contribution is 6.30. The molecule has 0 saturated carbocycles. The molecule has 0 spiro atoms. The van der Waals surface area contributed by atoms with Crippen LogP contribution in [0.1, 0.15) is 51.3 Å². The third-order valence-corrected chi connectivity index (χ3v) is 4.57. The normalized spacial score (nSPS) is 11.5. The lowest BCUT2D eigenvalue weighted by Gasteiger charge is -2.27. The molecule has 2 aromatic rings. The summed E-state index contributed by atoms with van der Waals surface area (Å²) in [5.41, 5.74) is 1.59. The number of imidazole rings is 1. The van der Waals surface area contributed by atoms with Crippen LogP contribution in [0.25, 0.3) is 0 Å². The van der Waals surface area contributed by atoms with Gasteiger partial charge in [-0.3, -0.25) is 4.79 Å². The summed E-state index contributed by atoms with van der Waals surface area (Å²) in [6.07, 6.45) is 6.55. The van der Waals surface area contributed by atoms with Crippen LogP contribution in [0.4, 0.5) is 0 Å². The van der Waals surface area contributed by atoms with Crippen molar-refractivity contribution in [2.45, 2.75) is 58.7 Å².